The van der Waals surface area contributed by atoms with Gasteiger partial charge in [-0.2, -0.15) is 15.1 Å². The number of halogens is 2. The van der Waals surface area contributed by atoms with Gasteiger partial charge in [0.15, 0.2) is 17.4 Å². The molecule has 0 saturated carbocycles. The van der Waals surface area contributed by atoms with Crippen LogP contribution in [-0.2, 0) is 30.0 Å². The maximum Gasteiger partial charge on any atom is 0.459 e. The molecule has 3 aromatic carbocycles. The van der Waals surface area contributed by atoms with Gasteiger partial charge in [-0.25, -0.2) is 18.3 Å². The maximum absolute atomic E-state index is 14.4. The Morgan fingerprint density at radius 2 is 1.94 bits per heavy atom. The van der Waals surface area contributed by atoms with E-state index in [1.165, 1.54) is 24.7 Å². The highest BCUT2D eigenvalue weighted by Gasteiger charge is 2.54. The molecule has 6 atom stereocenters. The Hall–Kier alpha value is -4.77. The fraction of sp³-hybridized carbons (Fsp3) is 0.333. The Morgan fingerprint density at radius 1 is 1.18 bits per heavy atom. The lowest BCUT2D eigenvalue weighted by atomic mass is 9.96. The fourth-order valence-corrected chi connectivity index (χ4v) is 7.08. The number of carbonyl (C=O) groups is 1. The van der Waals surface area contributed by atoms with Crippen LogP contribution in [0.2, 0.25) is 0 Å². The first-order chi connectivity index (χ1) is 24.3. The Morgan fingerprint density at radius 3 is 2.71 bits per heavy atom. The molecule has 0 radical (unpaired) electrons. The molecule has 270 valence electrons. The number of carbonyl (C=O) groups excluding carboxylic acids is 1. The number of nitrogens with one attached hydrogen (secondary N) is 1. The van der Waals surface area contributed by atoms with Gasteiger partial charge in [0.25, 0.3) is 0 Å². The molecule has 18 heteroatoms. The predicted octanol–water partition coefficient (Wildman–Crippen LogP) is 4.17. The standard InChI is InChI=1S/C33H35F2N6O9P/c1-4-46-29-26-28(38-32(36)39-29)41(17-37-26)31-33(3,44)27(42)25(49-31)16-48-51(45,50-24-11-7-9-19-8-5-6-10-22(19)24)40-18(2)30(43)47-15-20-12-13-21(34)14-23(20)35/h5-14,17-18,25,27,31,42,44H,4,15-16H2,1-3H3,(H,40,45)(H2,36,38,39). The van der Waals surface area contributed by atoms with Crippen LogP contribution in [0.1, 0.15) is 32.6 Å². The number of esters is 1. The Kier molecular flexibility index (Phi) is 10.2. The summed E-state index contributed by atoms with van der Waals surface area (Å²) in [5.41, 5.74) is 4.24. The SMILES string of the molecule is CCOc1nc(N)nc2c1ncn2C1OC(COP(=O)(NC(C)C(=O)OCc2ccc(F)cc2F)Oc2cccc3ccccc23)C(O)C1(C)O. The topological polar surface area (TPSA) is 202 Å². The molecule has 15 nitrogen and oxygen atoms in total. The number of rotatable bonds is 13. The highest BCUT2D eigenvalue weighted by atomic mass is 31.2. The Bertz CT molecular complexity index is 2110. The summed E-state index contributed by atoms with van der Waals surface area (Å²) in [4.78, 5) is 25.5. The van der Waals surface area contributed by atoms with E-state index < -0.39 is 68.6 Å². The zero-order valence-electron chi connectivity index (χ0n) is 27.6. The van der Waals surface area contributed by atoms with Crippen LogP contribution in [0, 0.1) is 11.6 Å². The lowest BCUT2D eigenvalue weighted by Crippen LogP contribution is -2.44. The summed E-state index contributed by atoms with van der Waals surface area (Å²) in [6.07, 6.45) is -2.88. The van der Waals surface area contributed by atoms with Crippen LogP contribution in [0.3, 0.4) is 0 Å². The van der Waals surface area contributed by atoms with Gasteiger partial charge in [0.05, 0.1) is 19.5 Å². The van der Waals surface area contributed by atoms with E-state index in [9.17, 15) is 28.4 Å². The van der Waals surface area contributed by atoms with Crippen LogP contribution in [-0.4, -0.2) is 72.8 Å². The summed E-state index contributed by atoms with van der Waals surface area (Å²) in [5.74, 6) is -2.52. The summed E-state index contributed by atoms with van der Waals surface area (Å²) < 4.78 is 71.7. The molecule has 1 fully saturated rings. The number of aliphatic hydroxyl groups is 2. The lowest BCUT2D eigenvalue weighted by molar-refractivity contribution is -0.146. The van der Waals surface area contributed by atoms with Gasteiger partial charge >= 0.3 is 13.7 Å². The van der Waals surface area contributed by atoms with Crippen LogP contribution in [0.25, 0.3) is 21.9 Å². The second-order valence-corrected chi connectivity index (χ2v) is 13.6. The van der Waals surface area contributed by atoms with Gasteiger partial charge in [0.1, 0.15) is 47.8 Å². The predicted molar refractivity (Wildman–Crippen MR) is 178 cm³/mol. The third-order valence-corrected chi connectivity index (χ3v) is 9.79. The molecule has 1 aliphatic rings. The van der Waals surface area contributed by atoms with Crippen molar-refractivity contribution in [2.24, 2.45) is 0 Å². The maximum atomic E-state index is 14.4. The first kappa shape index (κ1) is 36.0. The van der Waals surface area contributed by atoms with E-state index in [1.54, 1.807) is 31.2 Å². The van der Waals surface area contributed by atoms with Crippen LogP contribution >= 0.6 is 7.75 Å². The molecule has 6 unspecified atom stereocenters. The first-order valence-electron chi connectivity index (χ1n) is 15.8. The quantitative estimate of drug-likeness (QED) is 0.0994. The van der Waals surface area contributed by atoms with Gasteiger partial charge in [0, 0.05) is 17.0 Å². The minimum absolute atomic E-state index is 0.0775. The second kappa shape index (κ2) is 14.5. The molecule has 0 amide bonds. The van der Waals surface area contributed by atoms with Crippen molar-refractivity contribution >= 4 is 41.6 Å². The zero-order valence-corrected chi connectivity index (χ0v) is 28.5. The molecule has 1 saturated heterocycles. The number of imidazole rings is 1. The van der Waals surface area contributed by atoms with E-state index >= 15 is 0 Å². The summed E-state index contributed by atoms with van der Waals surface area (Å²) in [6.45, 7) is 3.53. The zero-order chi connectivity index (χ0) is 36.5. The number of aliphatic hydroxyl groups excluding tert-OH is 1. The average Bonchev–Trinajstić information content (AvgIpc) is 3.60. The van der Waals surface area contributed by atoms with Gasteiger partial charge in [-0.3, -0.25) is 13.9 Å². The largest absolute Gasteiger partial charge is 0.476 e. The molecule has 2 aromatic heterocycles. The van der Waals surface area contributed by atoms with E-state index in [0.717, 1.165) is 17.5 Å². The Balaban J connectivity index is 1.23. The van der Waals surface area contributed by atoms with Gasteiger partial charge in [0.2, 0.25) is 11.8 Å². The van der Waals surface area contributed by atoms with Crippen molar-refractivity contribution in [1.29, 1.82) is 0 Å². The minimum atomic E-state index is -4.55. The van der Waals surface area contributed by atoms with Crippen molar-refractivity contribution in [3.63, 3.8) is 0 Å². The number of hydrogen-bond donors (Lipinski definition) is 4. The number of ether oxygens (including phenoxy) is 3. The van der Waals surface area contributed by atoms with Gasteiger partial charge in [-0.15, -0.1) is 0 Å². The molecular formula is C33H35F2N6O9P. The van der Waals surface area contributed by atoms with E-state index in [4.69, 9.17) is 29.0 Å². The number of benzene rings is 3. The monoisotopic (exact) mass is 728 g/mol. The summed E-state index contributed by atoms with van der Waals surface area (Å²) in [6, 6.07) is 13.6. The molecule has 3 heterocycles. The average molecular weight is 729 g/mol. The summed E-state index contributed by atoms with van der Waals surface area (Å²) in [5, 5.41) is 26.5. The van der Waals surface area contributed by atoms with E-state index in [1.807, 2.05) is 18.2 Å². The van der Waals surface area contributed by atoms with Crippen LogP contribution in [0.5, 0.6) is 11.6 Å². The van der Waals surface area contributed by atoms with Crippen molar-refractivity contribution in [2.75, 3.05) is 18.9 Å². The molecule has 6 rings (SSSR count). The third kappa shape index (κ3) is 7.49. The number of nitrogen functional groups attached to an aromatic ring is 1. The van der Waals surface area contributed by atoms with Crippen molar-refractivity contribution in [2.45, 2.75) is 57.5 Å². The van der Waals surface area contributed by atoms with Crippen molar-refractivity contribution in [1.82, 2.24) is 24.6 Å². The van der Waals surface area contributed by atoms with Crippen LogP contribution in [0.15, 0.2) is 67.0 Å². The number of nitrogens with two attached hydrogens (primary N) is 1. The van der Waals surface area contributed by atoms with Crippen molar-refractivity contribution < 1.29 is 51.6 Å². The minimum Gasteiger partial charge on any atom is -0.476 e. The molecule has 51 heavy (non-hydrogen) atoms. The normalized spacial score (nSPS) is 22.1. The summed E-state index contributed by atoms with van der Waals surface area (Å²) >= 11 is 0. The van der Waals surface area contributed by atoms with Gasteiger partial charge in [-0.1, -0.05) is 36.4 Å². The smallest absolute Gasteiger partial charge is 0.459 e. The van der Waals surface area contributed by atoms with Crippen molar-refractivity contribution in [3.05, 3.63) is 84.2 Å². The molecule has 0 spiro atoms. The summed E-state index contributed by atoms with van der Waals surface area (Å²) in [7, 11) is -4.55. The van der Waals surface area contributed by atoms with Crippen molar-refractivity contribution in [3.8, 4) is 11.6 Å². The Labute approximate surface area is 289 Å². The molecule has 5 N–H and O–H groups in total. The number of anilines is 1. The van der Waals surface area contributed by atoms with Gasteiger partial charge in [-0.05, 0) is 44.4 Å². The molecule has 0 bridgehead atoms. The highest BCUT2D eigenvalue weighted by Crippen LogP contribution is 2.48. The highest BCUT2D eigenvalue weighted by molar-refractivity contribution is 7.52. The third-order valence-electron chi connectivity index (χ3n) is 8.16. The number of aromatic nitrogens is 4. The van der Waals surface area contributed by atoms with Crippen LogP contribution < -0.4 is 20.1 Å². The molecular weight excluding hydrogens is 693 g/mol. The molecule has 1 aliphatic heterocycles. The van der Waals surface area contributed by atoms with E-state index in [2.05, 4.69) is 20.0 Å². The van der Waals surface area contributed by atoms with E-state index in [0.29, 0.717) is 11.5 Å². The molecule has 0 aliphatic carbocycles. The number of hydrogen-bond acceptors (Lipinski definition) is 13. The van der Waals surface area contributed by atoms with Crippen LogP contribution in [0.4, 0.5) is 14.7 Å². The number of fused-ring (bicyclic) bond motifs is 2. The molecule has 5 aromatic rings. The fourth-order valence-electron chi connectivity index (χ4n) is 5.56. The number of nitrogens with zero attached hydrogens (tertiary/aromatic N) is 4. The van der Waals surface area contributed by atoms with E-state index in [-0.39, 0.29) is 40.9 Å². The second-order valence-electron chi connectivity index (χ2n) is 11.9. The van der Waals surface area contributed by atoms with Gasteiger partial charge < -0.3 is 34.7 Å². The lowest BCUT2D eigenvalue weighted by Gasteiger charge is -2.27. The first-order valence-corrected chi connectivity index (χ1v) is 17.3.